The fraction of sp³-hybridized carbons (Fsp3) is 0.688. The summed E-state index contributed by atoms with van der Waals surface area (Å²) < 4.78 is 1.67. The minimum absolute atomic E-state index is 0.0180. The Bertz CT molecular complexity index is 572. The lowest BCUT2D eigenvalue weighted by Crippen LogP contribution is -2.45. The van der Waals surface area contributed by atoms with Crippen molar-refractivity contribution >= 4 is 17.5 Å². The molecule has 0 radical (unpaired) electrons. The Morgan fingerprint density at radius 2 is 1.91 bits per heavy atom. The minimum Gasteiger partial charge on any atom is -0.342 e. The normalized spacial score (nSPS) is 29.2. The molecule has 1 aromatic rings. The van der Waals surface area contributed by atoms with Crippen LogP contribution in [0.3, 0.4) is 0 Å². The van der Waals surface area contributed by atoms with Crippen molar-refractivity contribution in [2.75, 3.05) is 24.5 Å². The van der Waals surface area contributed by atoms with E-state index in [0.717, 1.165) is 18.8 Å². The number of carbonyl (C=O) groups excluding carboxylic acids is 2. The number of likely N-dealkylation sites (tertiary alicyclic amines) is 1. The summed E-state index contributed by atoms with van der Waals surface area (Å²) in [5, 5.41) is 4.10. The van der Waals surface area contributed by atoms with Gasteiger partial charge in [0, 0.05) is 39.3 Å². The second kappa shape index (κ2) is 5.74. The molecule has 2 saturated heterocycles. The first-order chi connectivity index (χ1) is 10.4. The summed E-state index contributed by atoms with van der Waals surface area (Å²) >= 11 is 0. The molecule has 3 rings (SSSR count). The van der Waals surface area contributed by atoms with Gasteiger partial charge in [0.1, 0.15) is 0 Å². The van der Waals surface area contributed by atoms with Crippen molar-refractivity contribution in [3.05, 3.63) is 12.4 Å². The highest BCUT2D eigenvalue weighted by atomic mass is 16.2. The van der Waals surface area contributed by atoms with Gasteiger partial charge in [-0.15, -0.1) is 0 Å². The van der Waals surface area contributed by atoms with E-state index in [4.69, 9.17) is 0 Å². The summed E-state index contributed by atoms with van der Waals surface area (Å²) in [6.45, 7) is 6.50. The monoisotopic (exact) mass is 304 g/mol. The summed E-state index contributed by atoms with van der Waals surface area (Å²) in [5.74, 6) is 1.02. The van der Waals surface area contributed by atoms with E-state index in [0.29, 0.717) is 24.8 Å². The number of piperidine rings is 1. The van der Waals surface area contributed by atoms with Crippen LogP contribution in [0, 0.1) is 17.8 Å². The Kier molecular flexibility index (Phi) is 3.93. The molecule has 2 amide bonds. The van der Waals surface area contributed by atoms with Gasteiger partial charge in [0.05, 0.1) is 17.8 Å². The highest BCUT2D eigenvalue weighted by Gasteiger charge is 2.39. The molecule has 0 N–H and O–H groups in total. The number of hydrogen-bond acceptors (Lipinski definition) is 3. The highest BCUT2D eigenvalue weighted by molar-refractivity contribution is 6.00. The molecule has 2 aliphatic heterocycles. The number of nitrogens with zero attached hydrogens (tertiary/aromatic N) is 4. The SMILES string of the molecule is C[C@@H]1C[C@@H](C)CN(C(=O)[C@@H]2CC(=O)N(c3cnn(C)c3)C2)C1. The number of amides is 2. The van der Waals surface area contributed by atoms with E-state index in [-0.39, 0.29) is 17.7 Å². The lowest BCUT2D eigenvalue weighted by Gasteiger charge is -2.36. The second-order valence-corrected chi connectivity index (χ2v) is 6.97. The van der Waals surface area contributed by atoms with Gasteiger partial charge in [-0.3, -0.25) is 14.3 Å². The van der Waals surface area contributed by atoms with Crippen LogP contribution in [0.1, 0.15) is 26.7 Å². The van der Waals surface area contributed by atoms with Crippen LogP contribution in [0.25, 0.3) is 0 Å². The topological polar surface area (TPSA) is 58.4 Å². The number of carbonyl (C=O) groups is 2. The standard InChI is InChI=1S/C16H24N4O2/c1-11-4-12(2)8-19(7-11)16(22)13-5-15(21)20(9-13)14-6-17-18(3)10-14/h6,10-13H,4-5,7-9H2,1-3H3/t11-,12-,13-/m1/s1. The first-order valence-corrected chi connectivity index (χ1v) is 8.02. The third-order valence-corrected chi connectivity index (χ3v) is 4.66. The zero-order chi connectivity index (χ0) is 15.9. The predicted molar refractivity (Wildman–Crippen MR) is 83.2 cm³/mol. The summed E-state index contributed by atoms with van der Waals surface area (Å²) in [4.78, 5) is 28.6. The summed E-state index contributed by atoms with van der Waals surface area (Å²) in [6, 6.07) is 0. The van der Waals surface area contributed by atoms with Crippen LogP contribution in [-0.4, -0.2) is 46.1 Å². The third-order valence-electron chi connectivity index (χ3n) is 4.66. The van der Waals surface area contributed by atoms with E-state index in [1.165, 1.54) is 6.42 Å². The van der Waals surface area contributed by atoms with Gasteiger partial charge in [-0.1, -0.05) is 13.8 Å². The maximum Gasteiger partial charge on any atom is 0.228 e. The fourth-order valence-corrected chi connectivity index (χ4v) is 3.77. The second-order valence-electron chi connectivity index (χ2n) is 6.97. The van der Waals surface area contributed by atoms with Crippen molar-refractivity contribution < 1.29 is 9.59 Å². The van der Waals surface area contributed by atoms with E-state index < -0.39 is 0 Å². The van der Waals surface area contributed by atoms with E-state index in [9.17, 15) is 9.59 Å². The molecule has 3 atom stereocenters. The average Bonchev–Trinajstić information content (AvgIpc) is 3.03. The Labute approximate surface area is 131 Å². The predicted octanol–water partition coefficient (Wildman–Crippen LogP) is 1.28. The number of aromatic nitrogens is 2. The molecule has 120 valence electrons. The molecular weight excluding hydrogens is 280 g/mol. The van der Waals surface area contributed by atoms with Gasteiger partial charge in [0.25, 0.3) is 0 Å². The molecule has 0 bridgehead atoms. The lowest BCUT2D eigenvalue weighted by atomic mass is 9.91. The molecular formula is C16H24N4O2. The molecule has 22 heavy (non-hydrogen) atoms. The van der Waals surface area contributed by atoms with Gasteiger partial charge >= 0.3 is 0 Å². The van der Waals surface area contributed by atoms with Crippen molar-refractivity contribution in [1.82, 2.24) is 14.7 Å². The fourth-order valence-electron chi connectivity index (χ4n) is 3.77. The average molecular weight is 304 g/mol. The molecule has 2 aliphatic rings. The van der Waals surface area contributed by atoms with Crippen LogP contribution in [0.2, 0.25) is 0 Å². The first-order valence-electron chi connectivity index (χ1n) is 8.02. The molecule has 6 nitrogen and oxygen atoms in total. The van der Waals surface area contributed by atoms with Gasteiger partial charge in [-0.25, -0.2) is 0 Å². The zero-order valence-electron chi connectivity index (χ0n) is 13.5. The van der Waals surface area contributed by atoms with Crippen molar-refractivity contribution in [2.24, 2.45) is 24.8 Å². The van der Waals surface area contributed by atoms with Crippen LogP contribution in [-0.2, 0) is 16.6 Å². The van der Waals surface area contributed by atoms with E-state index in [1.807, 2.05) is 18.1 Å². The zero-order valence-corrected chi connectivity index (χ0v) is 13.5. The largest absolute Gasteiger partial charge is 0.342 e. The van der Waals surface area contributed by atoms with Gasteiger partial charge in [-0.05, 0) is 18.3 Å². The summed E-state index contributed by atoms with van der Waals surface area (Å²) in [5.41, 5.74) is 0.781. The number of hydrogen-bond donors (Lipinski definition) is 0. The first kappa shape index (κ1) is 15.1. The Balaban J connectivity index is 1.68. The molecule has 3 heterocycles. The Hall–Kier alpha value is -1.85. The van der Waals surface area contributed by atoms with Crippen molar-refractivity contribution in [2.45, 2.75) is 26.7 Å². The van der Waals surface area contributed by atoms with Crippen molar-refractivity contribution in [3.63, 3.8) is 0 Å². The van der Waals surface area contributed by atoms with Gasteiger partial charge < -0.3 is 9.80 Å². The molecule has 1 aromatic heterocycles. The smallest absolute Gasteiger partial charge is 0.228 e. The van der Waals surface area contributed by atoms with Crippen LogP contribution < -0.4 is 4.90 Å². The minimum atomic E-state index is -0.217. The van der Waals surface area contributed by atoms with Crippen molar-refractivity contribution in [3.8, 4) is 0 Å². The van der Waals surface area contributed by atoms with E-state index in [2.05, 4.69) is 18.9 Å². The summed E-state index contributed by atoms with van der Waals surface area (Å²) in [6.07, 6.45) is 4.98. The maximum absolute atomic E-state index is 12.7. The molecule has 0 aliphatic carbocycles. The Morgan fingerprint density at radius 3 is 2.50 bits per heavy atom. The Morgan fingerprint density at radius 1 is 1.23 bits per heavy atom. The molecule has 2 fully saturated rings. The molecule has 0 saturated carbocycles. The van der Waals surface area contributed by atoms with Crippen LogP contribution in [0.5, 0.6) is 0 Å². The molecule has 6 heteroatoms. The quantitative estimate of drug-likeness (QED) is 0.827. The van der Waals surface area contributed by atoms with Gasteiger partial charge in [0.15, 0.2) is 0 Å². The van der Waals surface area contributed by atoms with Gasteiger partial charge in [-0.2, -0.15) is 5.10 Å². The van der Waals surface area contributed by atoms with Crippen molar-refractivity contribution in [1.29, 1.82) is 0 Å². The summed E-state index contributed by atoms with van der Waals surface area (Å²) in [7, 11) is 1.82. The van der Waals surface area contributed by atoms with Gasteiger partial charge in [0.2, 0.25) is 11.8 Å². The molecule has 0 spiro atoms. The number of anilines is 1. The maximum atomic E-state index is 12.7. The highest BCUT2D eigenvalue weighted by Crippen LogP contribution is 2.28. The van der Waals surface area contributed by atoms with E-state index in [1.54, 1.807) is 15.8 Å². The third kappa shape index (κ3) is 2.87. The van der Waals surface area contributed by atoms with Crippen LogP contribution in [0.4, 0.5) is 5.69 Å². The lowest BCUT2D eigenvalue weighted by molar-refractivity contribution is -0.138. The molecule has 0 aromatic carbocycles. The van der Waals surface area contributed by atoms with E-state index >= 15 is 0 Å². The molecule has 0 unspecified atom stereocenters. The van der Waals surface area contributed by atoms with Crippen LogP contribution in [0.15, 0.2) is 12.4 Å². The number of aryl methyl sites for hydroxylation is 1. The number of rotatable bonds is 2. The van der Waals surface area contributed by atoms with Crippen LogP contribution >= 0.6 is 0 Å².